The van der Waals surface area contributed by atoms with Crippen LogP contribution in [0.2, 0.25) is 0 Å². The van der Waals surface area contributed by atoms with Crippen molar-refractivity contribution in [2.45, 2.75) is 26.9 Å². The molecule has 0 spiro atoms. The molecule has 1 heterocycles. The zero-order chi connectivity index (χ0) is 10.2. The van der Waals surface area contributed by atoms with E-state index in [1.165, 1.54) is 0 Å². The monoisotopic (exact) mass is 192 g/mol. The lowest BCUT2D eigenvalue weighted by atomic mass is 9.89. The van der Waals surface area contributed by atoms with E-state index in [1.807, 2.05) is 24.3 Å². The van der Waals surface area contributed by atoms with Crippen molar-refractivity contribution in [3.8, 4) is 11.5 Å². The van der Waals surface area contributed by atoms with E-state index in [0.29, 0.717) is 6.61 Å². The fraction of sp³-hybridized carbons (Fsp3) is 0.500. The topological polar surface area (TPSA) is 18.5 Å². The Balaban J connectivity index is 2.22. The van der Waals surface area contributed by atoms with Crippen molar-refractivity contribution >= 4 is 0 Å². The van der Waals surface area contributed by atoms with Gasteiger partial charge in [-0.3, -0.25) is 0 Å². The van der Waals surface area contributed by atoms with Gasteiger partial charge in [0.1, 0.15) is 12.7 Å². The van der Waals surface area contributed by atoms with E-state index >= 15 is 0 Å². The van der Waals surface area contributed by atoms with Crippen molar-refractivity contribution in [1.29, 1.82) is 0 Å². The highest BCUT2D eigenvalue weighted by Crippen LogP contribution is 2.35. The number of fused-ring (bicyclic) bond motifs is 1. The molecule has 2 heteroatoms. The molecule has 0 amide bonds. The maximum Gasteiger partial charge on any atom is 0.161 e. The molecule has 0 bridgehead atoms. The summed E-state index contributed by atoms with van der Waals surface area (Å²) < 4.78 is 11.5. The summed E-state index contributed by atoms with van der Waals surface area (Å²) in [4.78, 5) is 0. The van der Waals surface area contributed by atoms with Crippen LogP contribution in [-0.2, 0) is 0 Å². The molecule has 0 radical (unpaired) electrons. The van der Waals surface area contributed by atoms with Gasteiger partial charge >= 0.3 is 0 Å². The third kappa shape index (κ3) is 1.69. The highest BCUT2D eigenvalue weighted by Gasteiger charge is 2.31. The van der Waals surface area contributed by atoms with Gasteiger partial charge in [0, 0.05) is 5.41 Å². The molecule has 0 fully saturated rings. The molecule has 0 aromatic heterocycles. The molecule has 2 rings (SSSR count). The number of hydrogen-bond donors (Lipinski definition) is 0. The van der Waals surface area contributed by atoms with Gasteiger partial charge in [0.25, 0.3) is 0 Å². The van der Waals surface area contributed by atoms with Gasteiger partial charge in [-0.2, -0.15) is 0 Å². The van der Waals surface area contributed by atoms with E-state index in [4.69, 9.17) is 9.47 Å². The van der Waals surface area contributed by atoms with E-state index in [-0.39, 0.29) is 11.5 Å². The lowest BCUT2D eigenvalue weighted by Gasteiger charge is -2.34. The van der Waals surface area contributed by atoms with E-state index < -0.39 is 0 Å². The van der Waals surface area contributed by atoms with Gasteiger partial charge in [0.15, 0.2) is 11.5 Å². The van der Waals surface area contributed by atoms with Crippen molar-refractivity contribution in [1.82, 2.24) is 0 Å². The Morgan fingerprint density at radius 2 is 1.79 bits per heavy atom. The van der Waals surface area contributed by atoms with Gasteiger partial charge in [-0.15, -0.1) is 0 Å². The van der Waals surface area contributed by atoms with Crippen LogP contribution in [0.3, 0.4) is 0 Å². The summed E-state index contributed by atoms with van der Waals surface area (Å²) in [6.45, 7) is 7.12. The Labute approximate surface area is 84.8 Å². The molecular weight excluding hydrogens is 176 g/mol. The van der Waals surface area contributed by atoms with Gasteiger partial charge in [-0.25, -0.2) is 0 Å². The smallest absolute Gasteiger partial charge is 0.161 e. The van der Waals surface area contributed by atoms with Crippen LogP contribution in [0.4, 0.5) is 0 Å². The molecular formula is C12H16O2. The molecule has 1 aromatic rings. The standard InChI is InChI=1S/C12H16O2/c1-12(2,3)11-8-13-9-6-4-5-7-10(9)14-11/h4-7,11H,8H2,1-3H3/t11-/m1/s1. The minimum absolute atomic E-state index is 0.119. The summed E-state index contributed by atoms with van der Waals surface area (Å²) in [5.74, 6) is 1.71. The van der Waals surface area contributed by atoms with Crippen LogP contribution >= 0.6 is 0 Å². The second-order valence-corrected chi connectivity index (χ2v) is 4.73. The fourth-order valence-corrected chi connectivity index (χ4v) is 1.45. The predicted molar refractivity (Wildman–Crippen MR) is 55.8 cm³/mol. The molecule has 1 atom stereocenters. The lowest BCUT2D eigenvalue weighted by molar-refractivity contribution is 0.0163. The fourth-order valence-electron chi connectivity index (χ4n) is 1.45. The molecule has 1 aliphatic heterocycles. The van der Waals surface area contributed by atoms with E-state index in [9.17, 15) is 0 Å². The second kappa shape index (κ2) is 3.19. The lowest BCUT2D eigenvalue weighted by Crippen LogP contribution is -2.39. The van der Waals surface area contributed by atoms with Crippen LogP contribution in [0.25, 0.3) is 0 Å². The molecule has 1 aliphatic rings. The first-order valence-electron chi connectivity index (χ1n) is 4.96. The molecule has 2 nitrogen and oxygen atoms in total. The molecule has 0 unspecified atom stereocenters. The number of para-hydroxylation sites is 2. The summed E-state index contributed by atoms with van der Waals surface area (Å²) in [6, 6.07) is 7.81. The number of benzene rings is 1. The van der Waals surface area contributed by atoms with E-state index in [0.717, 1.165) is 11.5 Å². The molecule has 0 saturated heterocycles. The maximum atomic E-state index is 5.87. The second-order valence-electron chi connectivity index (χ2n) is 4.73. The molecule has 76 valence electrons. The average molecular weight is 192 g/mol. The molecule has 0 saturated carbocycles. The zero-order valence-electron chi connectivity index (χ0n) is 8.91. The average Bonchev–Trinajstić information content (AvgIpc) is 2.16. The van der Waals surface area contributed by atoms with Gasteiger partial charge in [-0.05, 0) is 12.1 Å². The van der Waals surface area contributed by atoms with Gasteiger partial charge in [0.2, 0.25) is 0 Å². The normalized spacial score (nSPS) is 20.6. The first kappa shape index (κ1) is 9.38. The third-order valence-electron chi connectivity index (χ3n) is 2.47. The van der Waals surface area contributed by atoms with Crippen LogP contribution in [0.15, 0.2) is 24.3 Å². The number of ether oxygens (including phenoxy) is 2. The van der Waals surface area contributed by atoms with E-state index in [1.54, 1.807) is 0 Å². The Morgan fingerprint density at radius 3 is 2.43 bits per heavy atom. The van der Waals surface area contributed by atoms with Crippen molar-refractivity contribution in [3.63, 3.8) is 0 Å². The zero-order valence-corrected chi connectivity index (χ0v) is 8.91. The third-order valence-corrected chi connectivity index (χ3v) is 2.47. The molecule has 0 aliphatic carbocycles. The van der Waals surface area contributed by atoms with Crippen LogP contribution in [0.1, 0.15) is 20.8 Å². The minimum Gasteiger partial charge on any atom is -0.486 e. The van der Waals surface area contributed by atoms with Crippen LogP contribution in [0, 0.1) is 5.41 Å². The Kier molecular flexibility index (Phi) is 2.14. The highest BCUT2D eigenvalue weighted by molar-refractivity contribution is 5.40. The van der Waals surface area contributed by atoms with E-state index in [2.05, 4.69) is 20.8 Å². The minimum atomic E-state index is 0.119. The quantitative estimate of drug-likeness (QED) is 0.629. The number of hydrogen-bond acceptors (Lipinski definition) is 2. The molecule has 0 N–H and O–H groups in total. The Bertz CT molecular complexity index is 325. The van der Waals surface area contributed by atoms with Crippen molar-refractivity contribution < 1.29 is 9.47 Å². The van der Waals surface area contributed by atoms with Crippen molar-refractivity contribution in [2.24, 2.45) is 5.41 Å². The highest BCUT2D eigenvalue weighted by atomic mass is 16.6. The first-order chi connectivity index (χ1) is 6.57. The maximum absolute atomic E-state index is 5.87. The Hall–Kier alpha value is -1.18. The van der Waals surface area contributed by atoms with Gasteiger partial charge < -0.3 is 9.47 Å². The number of rotatable bonds is 0. The summed E-state index contributed by atoms with van der Waals surface area (Å²) >= 11 is 0. The summed E-state index contributed by atoms with van der Waals surface area (Å²) in [6.07, 6.45) is 0.136. The summed E-state index contributed by atoms with van der Waals surface area (Å²) in [5, 5.41) is 0. The van der Waals surface area contributed by atoms with Crippen LogP contribution < -0.4 is 9.47 Å². The SMILES string of the molecule is CC(C)(C)[C@H]1COc2ccccc2O1. The molecule has 14 heavy (non-hydrogen) atoms. The summed E-state index contributed by atoms with van der Waals surface area (Å²) in [5.41, 5.74) is 0.119. The Morgan fingerprint density at radius 1 is 1.14 bits per heavy atom. The summed E-state index contributed by atoms with van der Waals surface area (Å²) in [7, 11) is 0. The van der Waals surface area contributed by atoms with Crippen LogP contribution in [0.5, 0.6) is 11.5 Å². The van der Waals surface area contributed by atoms with Gasteiger partial charge in [0.05, 0.1) is 0 Å². The van der Waals surface area contributed by atoms with Crippen molar-refractivity contribution in [2.75, 3.05) is 6.61 Å². The van der Waals surface area contributed by atoms with Crippen molar-refractivity contribution in [3.05, 3.63) is 24.3 Å². The largest absolute Gasteiger partial charge is 0.486 e. The van der Waals surface area contributed by atoms with Crippen LogP contribution in [-0.4, -0.2) is 12.7 Å². The van der Waals surface area contributed by atoms with Gasteiger partial charge in [-0.1, -0.05) is 32.9 Å². The predicted octanol–water partition coefficient (Wildman–Crippen LogP) is 2.87. The molecule has 1 aromatic carbocycles. The first-order valence-corrected chi connectivity index (χ1v) is 4.96.